The van der Waals surface area contributed by atoms with Gasteiger partial charge in [-0.15, -0.1) is 11.6 Å². The second-order valence-electron chi connectivity index (χ2n) is 2.11. The van der Waals surface area contributed by atoms with Gasteiger partial charge in [-0.1, -0.05) is 0 Å². The first-order valence-corrected chi connectivity index (χ1v) is 3.82. The Morgan fingerprint density at radius 2 is 2.23 bits per heavy atom. The zero-order valence-corrected chi connectivity index (χ0v) is 7.06. The van der Waals surface area contributed by atoms with E-state index in [1.807, 2.05) is 0 Å². The molecule has 1 aromatic rings. The number of rotatable bonds is 3. The predicted octanol–water partition coefficient (Wildman–Crippen LogP) is 2.56. The molecule has 0 atom stereocenters. The fraction of sp³-hybridized carbons (Fsp3) is 0.286. The zero-order valence-electron chi connectivity index (χ0n) is 6.31. The van der Waals surface area contributed by atoms with E-state index in [9.17, 15) is 13.2 Å². The van der Waals surface area contributed by atoms with Gasteiger partial charge in [0.1, 0.15) is 11.6 Å². The Morgan fingerprint density at radius 1 is 1.54 bits per heavy atom. The number of ether oxygens (including phenoxy) is 1. The van der Waals surface area contributed by atoms with Crippen molar-refractivity contribution in [1.82, 2.24) is 4.98 Å². The third-order valence-corrected chi connectivity index (χ3v) is 1.50. The summed E-state index contributed by atoms with van der Waals surface area (Å²) in [6.45, 7) is -2.98. The summed E-state index contributed by atoms with van der Waals surface area (Å²) >= 11 is 5.30. The minimum Gasteiger partial charge on any atom is -0.433 e. The maximum atomic E-state index is 12.8. The highest BCUT2D eigenvalue weighted by atomic mass is 35.5. The summed E-state index contributed by atoms with van der Waals surface area (Å²) in [6.07, 6.45) is 0.993. The van der Waals surface area contributed by atoms with Gasteiger partial charge < -0.3 is 4.74 Å². The summed E-state index contributed by atoms with van der Waals surface area (Å²) in [6, 6.07) is 0.816. The molecule has 1 rings (SSSR count). The minimum absolute atomic E-state index is 0.00304. The number of aromatic nitrogens is 1. The van der Waals surface area contributed by atoms with E-state index in [2.05, 4.69) is 9.72 Å². The van der Waals surface area contributed by atoms with Crippen LogP contribution < -0.4 is 4.74 Å². The summed E-state index contributed by atoms with van der Waals surface area (Å²) in [5, 5.41) is 0. The molecule has 0 unspecified atom stereocenters. The Labute approximate surface area is 77.3 Å². The maximum Gasteiger partial charge on any atom is 0.387 e. The van der Waals surface area contributed by atoms with Crippen LogP contribution >= 0.6 is 11.6 Å². The Bertz CT molecular complexity index is 295. The summed E-state index contributed by atoms with van der Waals surface area (Å²) in [5.74, 6) is -1.18. The van der Waals surface area contributed by atoms with Crippen molar-refractivity contribution in [3.8, 4) is 5.75 Å². The highest BCUT2D eigenvalue weighted by molar-refractivity contribution is 6.16. The molecule has 0 amide bonds. The molecule has 1 heterocycles. The van der Waals surface area contributed by atoms with Gasteiger partial charge >= 0.3 is 6.61 Å². The Morgan fingerprint density at radius 3 is 2.69 bits per heavy atom. The first-order chi connectivity index (χ1) is 6.13. The van der Waals surface area contributed by atoms with Crippen molar-refractivity contribution < 1.29 is 17.9 Å². The summed E-state index contributed by atoms with van der Waals surface area (Å²) in [7, 11) is 0. The van der Waals surface area contributed by atoms with E-state index >= 15 is 0 Å². The SMILES string of the molecule is Fc1cc(OC(F)F)cnc1CCl. The molecule has 72 valence electrons. The van der Waals surface area contributed by atoms with Gasteiger partial charge in [-0.3, -0.25) is 4.98 Å². The molecular formula is C7H5ClF3NO. The molecule has 0 radical (unpaired) electrons. The van der Waals surface area contributed by atoms with E-state index in [0.29, 0.717) is 0 Å². The monoisotopic (exact) mass is 211 g/mol. The molecule has 0 aliphatic heterocycles. The minimum atomic E-state index is -2.98. The van der Waals surface area contributed by atoms with Crippen molar-refractivity contribution in [2.75, 3.05) is 0 Å². The van der Waals surface area contributed by atoms with Crippen LogP contribution in [0.25, 0.3) is 0 Å². The number of nitrogens with zero attached hydrogens (tertiary/aromatic N) is 1. The Kier molecular flexibility index (Phi) is 3.36. The molecule has 13 heavy (non-hydrogen) atoms. The number of halogens is 4. The van der Waals surface area contributed by atoms with Crippen molar-refractivity contribution in [2.45, 2.75) is 12.5 Å². The summed E-state index contributed by atoms with van der Waals surface area (Å²) in [5.41, 5.74) is 0.00304. The van der Waals surface area contributed by atoms with Gasteiger partial charge in [0.05, 0.1) is 17.8 Å². The Hall–Kier alpha value is -0.970. The van der Waals surface area contributed by atoms with Gasteiger partial charge in [-0.05, 0) is 0 Å². The van der Waals surface area contributed by atoms with Crippen LogP contribution in [0.5, 0.6) is 5.75 Å². The van der Waals surface area contributed by atoms with E-state index in [0.717, 1.165) is 12.3 Å². The second kappa shape index (κ2) is 4.32. The highest BCUT2D eigenvalue weighted by Crippen LogP contribution is 2.16. The second-order valence-corrected chi connectivity index (χ2v) is 2.38. The molecule has 0 saturated heterocycles. The average molecular weight is 212 g/mol. The van der Waals surface area contributed by atoms with E-state index in [1.165, 1.54) is 0 Å². The number of pyridine rings is 1. The smallest absolute Gasteiger partial charge is 0.387 e. The standard InChI is InChI=1S/C7H5ClF3NO/c8-2-6-5(9)1-4(3-12-6)13-7(10)11/h1,3,7H,2H2. The van der Waals surface area contributed by atoms with Crippen LogP contribution in [0.2, 0.25) is 0 Å². The fourth-order valence-electron chi connectivity index (χ4n) is 0.714. The van der Waals surface area contributed by atoms with Crippen LogP contribution in [0.1, 0.15) is 5.69 Å². The van der Waals surface area contributed by atoms with Gasteiger partial charge in [0.15, 0.2) is 0 Å². The molecular weight excluding hydrogens is 207 g/mol. The molecule has 0 aliphatic rings. The summed E-state index contributed by atoms with van der Waals surface area (Å²) < 4.78 is 40.0. The molecule has 0 aromatic carbocycles. The van der Waals surface area contributed by atoms with E-state index in [4.69, 9.17) is 11.6 Å². The molecule has 0 fully saturated rings. The first kappa shape index (κ1) is 10.1. The lowest BCUT2D eigenvalue weighted by molar-refractivity contribution is -0.0502. The lowest BCUT2D eigenvalue weighted by Crippen LogP contribution is -2.03. The third-order valence-electron chi connectivity index (χ3n) is 1.24. The van der Waals surface area contributed by atoms with Crippen molar-refractivity contribution in [1.29, 1.82) is 0 Å². The molecule has 0 aliphatic carbocycles. The van der Waals surface area contributed by atoms with Crippen molar-refractivity contribution in [3.05, 3.63) is 23.8 Å². The number of alkyl halides is 3. The molecule has 0 bridgehead atoms. The van der Waals surface area contributed by atoms with Gasteiger partial charge in [0, 0.05) is 6.07 Å². The highest BCUT2D eigenvalue weighted by Gasteiger charge is 2.08. The number of hydrogen-bond donors (Lipinski definition) is 0. The van der Waals surface area contributed by atoms with Crippen LogP contribution in [0.4, 0.5) is 13.2 Å². The molecule has 1 aromatic heterocycles. The molecule has 0 spiro atoms. The number of hydrogen-bond acceptors (Lipinski definition) is 2. The third kappa shape index (κ3) is 2.77. The van der Waals surface area contributed by atoms with E-state index in [-0.39, 0.29) is 17.3 Å². The van der Waals surface area contributed by atoms with Crippen LogP contribution in [0.3, 0.4) is 0 Å². The lowest BCUT2D eigenvalue weighted by Gasteiger charge is -2.04. The van der Waals surface area contributed by atoms with Crippen LogP contribution in [-0.2, 0) is 5.88 Å². The van der Waals surface area contributed by atoms with Crippen molar-refractivity contribution in [3.63, 3.8) is 0 Å². The van der Waals surface area contributed by atoms with Crippen LogP contribution in [0, 0.1) is 5.82 Å². The van der Waals surface area contributed by atoms with Crippen molar-refractivity contribution >= 4 is 11.6 Å². The maximum absolute atomic E-state index is 12.8. The molecule has 0 N–H and O–H groups in total. The predicted molar refractivity (Wildman–Crippen MR) is 40.4 cm³/mol. The van der Waals surface area contributed by atoms with Gasteiger partial charge in [-0.2, -0.15) is 8.78 Å². The average Bonchev–Trinajstić information content (AvgIpc) is 2.03. The molecule has 2 nitrogen and oxygen atoms in total. The topological polar surface area (TPSA) is 22.1 Å². The normalized spacial score (nSPS) is 10.5. The first-order valence-electron chi connectivity index (χ1n) is 3.28. The van der Waals surface area contributed by atoms with E-state index in [1.54, 1.807) is 0 Å². The quantitative estimate of drug-likeness (QED) is 0.717. The van der Waals surface area contributed by atoms with Gasteiger partial charge in [-0.25, -0.2) is 4.39 Å². The van der Waals surface area contributed by atoms with Crippen molar-refractivity contribution in [2.24, 2.45) is 0 Å². The van der Waals surface area contributed by atoms with Gasteiger partial charge in [0.25, 0.3) is 0 Å². The van der Waals surface area contributed by atoms with Crippen LogP contribution in [0.15, 0.2) is 12.3 Å². The Balaban J connectivity index is 2.83. The van der Waals surface area contributed by atoms with Crippen LogP contribution in [-0.4, -0.2) is 11.6 Å². The zero-order chi connectivity index (χ0) is 9.84. The molecule has 6 heteroatoms. The van der Waals surface area contributed by atoms with E-state index < -0.39 is 12.4 Å². The van der Waals surface area contributed by atoms with Gasteiger partial charge in [0.2, 0.25) is 0 Å². The largest absolute Gasteiger partial charge is 0.433 e. The summed E-state index contributed by atoms with van der Waals surface area (Å²) in [4.78, 5) is 3.48. The lowest BCUT2D eigenvalue weighted by atomic mass is 10.3. The fourth-order valence-corrected chi connectivity index (χ4v) is 0.911. The molecule has 0 saturated carbocycles.